The lowest BCUT2D eigenvalue weighted by atomic mass is 9.98. The lowest BCUT2D eigenvalue weighted by Gasteiger charge is -2.39. The molecule has 14 nitrogen and oxygen atoms in total. The lowest BCUT2D eigenvalue weighted by molar-refractivity contribution is -0.205. The standard InChI is InChI=1S/C23H33NO13S/c1-10(25)24-20(22(31)32)23(7,8)38-21(24)19(37-15(6)30)18(36-14(5)29)17(35-13(4)28)16(34-12(3)27)9-33-11(2)26/h16-21H,9H2,1-8H3,(H,31,32). The Hall–Kier alpha value is -3.36. The van der Waals surface area contributed by atoms with Gasteiger partial charge in [0.05, 0.1) is 0 Å². The summed E-state index contributed by atoms with van der Waals surface area (Å²) in [4.78, 5) is 85.6. The van der Waals surface area contributed by atoms with E-state index in [1.54, 1.807) is 13.8 Å². The molecule has 214 valence electrons. The largest absolute Gasteiger partial charge is 0.480 e. The smallest absolute Gasteiger partial charge is 0.327 e. The van der Waals surface area contributed by atoms with Crippen molar-refractivity contribution in [3.63, 3.8) is 0 Å². The van der Waals surface area contributed by atoms with Crippen LogP contribution in [-0.2, 0) is 57.2 Å². The van der Waals surface area contributed by atoms with Crippen LogP contribution in [0.3, 0.4) is 0 Å². The number of hydrogen-bond donors (Lipinski definition) is 1. The second-order valence-electron chi connectivity index (χ2n) is 8.95. The third-order valence-electron chi connectivity index (χ3n) is 5.20. The fraction of sp³-hybridized carbons (Fsp3) is 0.696. The Bertz CT molecular complexity index is 965. The van der Waals surface area contributed by atoms with Crippen LogP contribution in [0.15, 0.2) is 0 Å². The van der Waals surface area contributed by atoms with Gasteiger partial charge in [0.1, 0.15) is 18.0 Å². The van der Waals surface area contributed by atoms with Gasteiger partial charge in [0.25, 0.3) is 0 Å². The summed E-state index contributed by atoms with van der Waals surface area (Å²) in [5.74, 6) is -6.46. The number of ether oxygens (including phenoxy) is 5. The third kappa shape index (κ3) is 8.89. The van der Waals surface area contributed by atoms with Crippen molar-refractivity contribution >= 4 is 53.5 Å². The zero-order valence-corrected chi connectivity index (χ0v) is 23.2. The van der Waals surface area contributed by atoms with Crippen LogP contribution in [-0.4, -0.2) is 98.9 Å². The Morgan fingerprint density at radius 1 is 0.763 bits per heavy atom. The number of thioether (sulfide) groups is 1. The van der Waals surface area contributed by atoms with E-state index in [4.69, 9.17) is 23.7 Å². The van der Waals surface area contributed by atoms with E-state index in [9.17, 15) is 38.7 Å². The molecule has 1 aliphatic heterocycles. The van der Waals surface area contributed by atoms with Crippen LogP contribution in [0.25, 0.3) is 0 Å². The summed E-state index contributed by atoms with van der Waals surface area (Å²) >= 11 is 0.949. The predicted molar refractivity (Wildman–Crippen MR) is 128 cm³/mol. The first-order chi connectivity index (χ1) is 17.4. The Kier molecular flexibility index (Phi) is 11.6. The molecule has 0 spiro atoms. The summed E-state index contributed by atoms with van der Waals surface area (Å²) in [5, 5.41) is 8.63. The molecule has 1 aliphatic rings. The molecule has 0 aromatic heterocycles. The molecule has 0 saturated carbocycles. The van der Waals surface area contributed by atoms with Gasteiger partial charge < -0.3 is 33.7 Å². The van der Waals surface area contributed by atoms with Gasteiger partial charge in [-0.05, 0) is 13.8 Å². The summed E-state index contributed by atoms with van der Waals surface area (Å²) < 4.78 is 25.3. The lowest BCUT2D eigenvalue weighted by Crippen LogP contribution is -2.59. The maximum Gasteiger partial charge on any atom is 0.327 e. The molecule has 1 N–H and O–H groups in total. The molecule has 1 amide bonds. The van der Waals surface area contributed by atoms with Gasteiger partial charge in [0, 0.05) is 46.3 Å². The average Bonchev–Trinajstić information content (AvgIpc) is 3.02. The van der Waals surface area contributed by atoms with Crippen LogP contribution in [0.4, 0.5) is 0 Å². The first kappa shape index (κ1) is 32.7. The summed E-state index contributed by atoms with van der Waals surface area (Å²) in [7, 11) is 0. The highest BCUT2D eigenvalue weighted by Crippen LogP contribution is 2.47. The molecule has 6 atom stereocenters. The fourth-order valence-electron chi connectivity index (χ4n) is 4.06. The first-order valence-corrected chi connectivity index (χ1v) is 12.3. The maximum atomic E-state index is 12.7. The molecule has 1 fully saturated rings. The Labute approximate surface area is 223 Å². The summed E-state index contributed by atoms with van der Waals surface area (Å²) in [6, 6.07) is -1.39. The van der Waals surface area contributed by atoms with Crippen LogP contribution in [0, 0.1) is 0 Å². The summed E-state index contributed by atoms with van der Waals surface area (Å²) in [5.41, 5.74) is 0. The number of hydrogen-bond acceptors (Lipinski definition) is 13. The number of carbonyl (C=O) groups is 7. The van der Waals surface area contributed by atoms with E-state index in [2.05, 4.69) is 0 Å². The van der Waals surface area contributed by atoms with Gasteiger partial charge in [-0.15, -0.1) is 11.8 Å². The van der Waals surface area contributed by atoms with Crippen LogP contribution in [0.2, 0.25) is 0 Å². The van der Waals surface area contributed by atoms with Crippen molar-refractivity contribution in [2.24, 2.45) is 0 Å². The van der Waals surface area contributed by atoms with Gasteiger partial charge in [-0.2, -0.15) is 0 Å². The zero-order chi connectivity index (χ0) is 29.5. The maximum absolute atomic E-state index is 12.7. The molecule has 38 heavy (non-hydrogen) atoms. The molecule has 6 unspecified atom stereocenters. The van der Waals surface area contributed by atoms with Gasteiger partial charge in [-0.3, -0.25) is 28.8 Å². The molecule has 0 radical (unpaired) electrons. The van der Waals surface area contributed by atoms with E-state index in [-0.39, 0.29) is 0 Å². The number of nitrogens with zero attached hydrogens (tertiary/aromatic N) is 1. The number of carboxylic acid groups (broad SMARTS) is 1. The minimum absolute atomic E-state index is 0.644. The van der Waals surface area contributed by atoms with Crippen molar-refractivity contribution in [3.05, 3.63) is 0 Å². The third-order valence-corrected chi connectivity index (χ3v) is 6.77. The van der Waals surface area contributed by atoms with E-state index < -0.39 is 88.9 Å². The monoisotopic (exact) mass is 563 g/mol. The molecule has 0 aliphatic carbocycles. The van der Waals surface area contributed by atoms with Gasteiger partial charge >= 0.3 is 35.8 Å². The second-order valence-corrected chi connectivity index (χ2v) is 10.7. The van der Waals surface area contributed by atoms with Gasteiger partial charge in [0.15, 0.2) is 24.4 Å². The van der Waals surface area contributed by atoms with Gasteiger partial charge in [-0.1, -0.05) is 0 Å². The van der Waals surface area contributed by atoms with E-state index in [0.29, 0.717) is 0 Å². The molecule has 1 heterocycles. The van der Waals surface area contributed by atoms with Crippen molar-refractivity contribution in [2.75, 3.05) is 6.61 Å². The number of carboxylic acids is 1. The molecule has 0 bridgehead atoms. The van der Waals surface area contributed by atoms with Crippen LogP contribution in [0.5, 0.6) is 0 Å². The minimum Gasteiger partial charge on any atom is -0.480 e. The zero-order valence-electron chi connectivity index (χ0n) is 22.4. The van der Waals surface area contributed by atoms with Gasteiger partial charge in [-0.25, -0.2) is 4.79 Å². The topological polar surface area (TPSA) is 189 Å². The SMILES string of the molecule is CC(=O)OCC(OC(C)=O)C(OC(C)=O)C(OC(C)=O)C(OC(C)=O)C1SC(C)(C)C(C(=O)O)N1C(C)=O. The van der Waals surface area contributed by atoms with Crippen molar-refractivity contribution in [1.82, 2.24) is 4.90 Å². The highest BCUT2D eigenvalue weighted by molar-refractivity contribution is 8.01. The van der Waals surface area contributed by atoms with Crippen LogP contribution >= 0.6 is 11.8 Å². The Balaban J connectivity index is 3.83. The van der Waals surface area contributed by atoms with E-state index >= 15 is 0 Å². The normalized spacial score (nSPS) is 21.2. The number of aliphatic carboxylic acids is 1. The Morgan fingerprint density at radius 3 is 1.63 bits per heavy atom. The number of rotatable bonds is 11. The van der Waals surface area contributed by atoms with Gasteiger partial charge in [0.2, 0.25) is 5.91 Å². The average molecular weight is 564 g/mol. The number of carbonyl (C=O) groups excluding carboxylic acids is 6. The van der Waals surface area contributed by atoms with Crippen molar-refractivity contribution in [3.8, 4) is 0 Å². The predicted octanol–water partition coefficient (Wildman–Crippen LogP) is 0.430. The second kappa shape index (κ2) is 13.4. The molecule has 1 rings (SSSR count). The number of amides is 1. The fourth-order valence-corrected chi connectivity index (χ4v) is 5.76. The first-order valence-electron chi connectivity index (χ1n) is 11.4. The summed E-state index contributed by atoms with van der Waals surface area (Å²) in [6.45, 7) is 8.73. The molecule has 15 heteroatoms. The molecule has 0 aromatic rings. The van der Waals surface area contributed by atoms with E-state index in [1.165, 1.54) is 0 Å². The Morgan fingerprint density at radius 2 is 1.24 bits per heavy atom. The highest BCUT2D eigenvalue weighted by atomic mass is 32.2. The van der Waals surface area contributed by atoms with E-state index in [1.807, 2.05) is 0 Å². The van der Waals surface area contributed by atoms with Crippen molar-refractivity contribution in [2.45, 2.75) is 96.0 Å². The van der Waals surface area contributed by atoms with Crippen LogP contribution in [0.1, 0.15) is 55.4 Å². The summed E-state index contributed by atoms with van der Waals surface area (Å²) in [6.07, 6.45) is -6.65. The molecule has 0 aromatic carbocycles. The molecular formula is C23H33NO13S. The highest BCUT2D eigenvalue weighted by Gasteiger charge is 2.59. The van der Waals surface area contributed by atoms with Crippen molar-refractivity contribution < 1.29 is 62.4 Å². The van der Waals surface area contributed by atoms with Crippen molar-refractivity contribution in [1.29, 1.82) is 0 Å². The van der Waals surface area contributed by atoms with Crippen LogP contribution < -0.4 is 0 Å². The number of esters is 5. The quantitative estimate of drug-likeness (QED) is 0.269. The molecule has 1 saturated heterocycles. The molecular weight excluding hydrogens is 530 g/mol. The van der Waals surface area contributed by atoms with E-state index in [0.717, 1.165) is 58.2 Å². The minimum atomic E-state index is -1.75.